The Hall–Kier alpha value is -2.45. The molecule has 2 aromatic carbocycles. The molecule has 0 fully saturated rings. The van der Waals surface area contributed by atoms with Crippen LogP contribution in [0.1, 0.15) is 18.1 Å². The van der Waals surface area contributed by atoms with Crippen LogP contribution in [0.2, 0.25) is 0 Å². The highest BCUT2D eigenvalue weighted by Crippen LogP contribution is 2.26. The van der Waals surface area contributed by atoms with Crippen LogP contribution in [0, 0.1) is 23.2 Å². The average Bonchev–Trinajstić information content (AvgIpc) is 2.35. The van der Waals surface area contributed by atoms with Gasteiger partial charge in [0.1, 0.15) is 5.75 Å². The molecule has 0 heterocycles. The van der Waals surface area contributed by atoms with Crippen LogP contribution in [-0.2, 0) is 6.42 Å². The van der Waals surface area contributed by atoms with Gasteiger partial charge in [0.25, 0.3) is 0 Å². The van der Waals surface area contributed by atoms with Crippen LogP contribution >= 0.6 is 0 Å². The van der Waals surface area contributed by atoms with Gasteiger partial charge in [-0.2, -0.15) is 5.26 Å². The smallest absolute Gasteiger partial charge is 0.152 e. The molecule has 2 aromatic rings. The Kier molecular flexibility index (Phi) is 2.99. The lowest BCUT2D eigenvalue weighted by Gasteiger charge is -2.07. The molecule has 0 aliphatic heterocycles. The summed E-state index contributed by atoms with van der Waals surface area (Å²) in [5, 5.41) is 20.0. The van der Waals surface area contributed by atoms with Crippen molar-refractivity contribution in [2.24, 2.45) is 0 Å². The number of rotatable bonds is 1. The van der Waals surface area contributed by atoms with Gasteiger partial charge >= 0.3 is 0 Å². The first-order valence-electron chi connectivity index (χ1n) is 5.41. The quantitative estimate of drug-likeness (QED) is 0.752. The molecule has 0 saturated carbocycles. The second kappa shape index (κ2) is 4.60. The van der Waals surface area contributed by atoms with E-state index in [1.165, 1.54) is 0 Å². The van der Waals surface area contributed by atoms with Gasteiger partial charge in [0, 0.05) is 11.5 Å². The van der Waals surface area contributed by atoms with E-state index in [9.17, 15) is 5.11 Å². The van der Waals surface area contributed by atoms with E-state index in [-0.39, 0.29) is 5.75 Å². The van der Waals surface area contributed by atoms with Crippen molar-refractivity contribution >= 4 is 10.8 Å². The lowest BCUT2D eigenvalue weighted by atomic mass is 9.97. The van der Waals surface area contributed by atoms with Crippen molar-refractivity contribution in [1.29, 1.82) is 5.26 Å². The predicted molar refractivity (Wildman–Crippen MR) is 67.5 cm³/mol. The standard InChI is InChI=1S/C15H11NO/c1-2-14-11(4-3-9-16)5-6-12-10-13(17)7-8-15(12)14/h5-8,10,17H,2H2,1H3. The van der Waals surface area contributed by atoms with Gasteiger partial charge in [0.2, 0.25) is 0 Å². The summed E-state index contributed by atoms with van der Waals surface area (Å²) in [4.78, 5) is 0. The largest absolute Gasteiger partial charge is 0.508 e. The Morgan fingerprint density at radius 3 is 2.76 bits per heavy atom. The normalized spacial score (nSPS) is 9.41. The maximum Gasteiger partial charge on any atom is 0.152 e. The lowest BCUT2D eigenvalue weighted by molar-refractivity contribution is 0.476. The molecule has 1 N–H and O–H groups in total. The minimum Gasteiger partial charge on any atom is -0.508 e. The van der Waals surface area contributed by atoms with Gasteiger partial charge in [-0.05, 0) is 41.0 Å². The Bertz CT molecular complexity index is 669. The lowest BCUT2D eigenvalue weighted by Crippen LogP contribution is -1.89. The van der Waals surface area contributed by atoms with E-state index in [0.717, 1.165) is 28.3 Å². The topological polar surface area (TPSA) is 44.0 Å². The van der Waals surface area contributed by atoms with Crippen LogP contribution in [0.4, 0.5) is 0 Å². The Morgan fingerprint density at radius 1 is 1.24 bits per heavy atom. The fourth-order valence-corrected chi connectivity index (χ4v) is 1.97. The van der Waals surface area contributed by atoms with Crippen molar-refractivity contribution in [3.63, 3.8) is 0 Å². The number of aryl methyl sites for hydroxylation is 1. The molecule has 2 rings (SSSR count). The molecule has 2 heteroatoms. The first-order valence-corrected chi connectivity index (χ1v) is 5.41. The molecule has 0 bridgehead atoms. The molecule has 0 unspecified atom stereocenters. The number of hydrogen-bond acceptors (Lipinski definition) is 2. The predicted octanol–water partition coefficient (Wildman–Crippen LogP) is 2.98. The summed E-state index contributed by atoms with van der Waals surface area (Å²) in [6, 6.07) is 10.9. The molecule has 0 spiro atoms. The second-order valence-electron chi connectivity index (χ2n) is 3.71. The van der Waals surface area contributed by atoms with Crippen LogP contribution in [0.15, 0.2) is 30.3 Å². The molecular formula is C15H11NO. The van der Waals surface area contributed by atoms with Crippen molar-refractivity contribution < 1.29 is 5.11 Å². The minimum absolute atomic E-state index is 0.260. The summed E-state index contributed by atoms with van der Waals surface area (Å²) in [5.74, 6) is 5.53. The van der Waals surface area contributed by atoms with Gasteiger partial charge < -0.3 is 5.11 Å². The van der Waals surface area contributed by atoms with E-state index in [1.54, 1.807) is 12.1 Å². The van der Waals surface area contributed by atoms with E-state index in [2.05, 4.69) is 18.8 Å². The summed E-state index contributed by atoms with van der Waals surface area (Å²) < 4.78 is 0. The zero-order valence-electron chi connectivity index (χ0n) is 9.49. The molecular weight excluding hydrogens is 210 g/mol. The molecule has 0 atom stereocenters. The number of fused-ring (bicyclic) bond motifs is 1. The molecule has 0 amide bonds. The van der Waals surface area contributed by atoms with E-state index >= 15 is 0 Å². The monoisotopic (exact) mass is 221 g/mol. The van der Waals surface area contributed by atoms with Gasteiger partial charge in [0.05, 0.1) is 0 Å². The van der Waals surface area contributed by atoms with Gasteiger partial charge in [-0.15, -0.1) is 0 Å². The van der Waals surface area contributed by atoms with E-state index in [0.29, 0.717) is 0 Å². The van der Waals surface area contributed by atoms with Crippen molar-refractivity contribution in [1.82, 2.24) is 0 Å². The fraction of sp³-hybridized carbons (Fsp3) is 0.133. The molecule has 0 aromatic heterocycles. The highest BCUT2D eigenvalue weighted by atomic mass is 16.3. The third-order valence-electron chi connectivity index (χ3n) is 2.72. The third kappa shape index (κ3) is 2.07. The Balaban J connectivity index is 2.74. The fourth-order valence-electron chi connectivity index (χ4n) is 1.97. The molecule has 2 nitrogen and oxygen atoms in total. The van der Waals surface area contributed by atoms with E-state index in [4.69, 9.17) is 5.26 Å². The van der Waals surface area contributed by atoms with Gasteiger partial charge in [-0.1, -0.05) is 25.0 Å². The summed E-state index contributed by atoms with van der Waals surface area (Å²) >= 11 is 0. The van der Waals surface area contributed by atoms with Gasteiger partial charge in [-0.3, -0.25) is 0 Å². The molecule has 0 radical (unpaired) electrons. The first kappa shape index (κ1) is 11.0. The molecule has 0 aliphatic rings. The molecule has 0 aliphatic carbocycles. The number of phenolic OH excluding ortho intramolecular Hbond substituents is 1. The molecule has 17 heavy (non-hydrogen) atoms. The third-order valence-corrected chi connectivity index (χ3v) is 2.72. The van der Waals surface area contributed by atoms with Crippen molar-refractivity contribution in [2.45, 2.75) is 13.3 Å². The van der Waals surface area contributed by atoms with Crippen LogP contribution in [0.5, 0.6) is 5.75 Å². The minimum atomic E-state index is 0.260. The second-order valence-corrected chi connectivity index (χ2v) is 3.71. The number of benzene rings is 2. The van der Waals surface area contributed by atoms with Crippen molar-refractivity contribution in [3.8, 4) is 23.7 Å². The molecule has 82 valence electrons. The maximum atomic E-state index is 9.43. The van der Waals surface area contributed by atoms with Crippen LogP contribution in [0.25, 0.3) is 10.8 Å². The van der Waals surface area contributed by atoms with Crippen LogP contribution in [-0.4, -0.2) is 5.11 Å². The number of nitriles is 1. The average molecular weight is 221 g/mol. The number of nitrogens with zero attached hydrogens (tertiary/aromatic N) is 1. The van der Waals surface area contributed by atoms with Crippen molar-refractivity contribution in [3.05, 3.63) is 41.5 Å². The van der Waals surface area contributed by atoms with Crippen LogP contribution in [0.3, 0.4) is 0 Å². The Morgan fingerprint density at radius 2 is 2.06 bits per heavy atom. The van der Waals surface area contributed by atoms with Gasteiger partial charge in [0.15, 0.2) is 6.07 Å². The zero-order chi connectivity index (χ0) is 12.3. The molecule has 0 saturated heterocycles. The highest BCUT2D eigenvalue weighted by molar-refractivity contribution is 5.88. The number of phenols is 1. The summed E-state index contributed by atoms with van der Waals surface area (Å²) in [5.41, 5.74) is 2.00. The summed E-state index contributed by atoms with van der Waals surface area (Å²) in [6.07, 6.45) is 0.845. The number of hydrogen-bond donors (Lipinski definition) is 1. The van der Waals surface area contributed by atoms with Crippen LogP contribution < -0.4 is 0 Å². The summed E-state index contributed by atoms with van der Waals surface area (Å²) in [7, 11) is 0. The highest BCUT2D eigenvalue weighted by Gasteiger charge is 2.04. The van der Waals surface area contributed by atoms with E-state index < -0.39 is 0 Å². The first-order chi connectivity index (χ1) is 8.26. The van der Waals surface area contributed by atoms with E-state index in [1.807, 2.05) is 24.3 Å². The number of aromatic hydroxyl groups is 1. The van der Waals surface area contributed by atoms with Crippen molar-refractivity contribution in [2.75, 3.05) is 0 Å². The maximum absolute atomic E-state index is 9.43. The Labute approximate surface area is 100 Å². The zero-order valence-corrected chi connectivity index (χ0v) is 9.49. The van der Waals surface area contributed by atoms with Gasteiger partial charge in [-0.25, -0.2) is 0 Å². The summed E-state index contributed by atoms with van der Waals surface area (Å²) in [6.45, 7) is 2.05. The SMILES string of the molecule is CCc1c(C#CC#N)ccc2cc(O)ccc12.